The van der Waals surface area contributed by atoms with Crippen LogP contribution in [0, 0.1) is 19.7 Å². The van der Waals surface area contributed by atoms with Gasteiger partial charge in [0.15, 0.2) is 0 Å². The van der Waals surface area contributed by atoms with E-state index in [4.69, 9.17) is 0 Å². The van der Waals surface area contributed by atoms with Gasteiger partial charge in [0.25, 0.3) is 5.91 Å². The van der Waals surface area contributed by atoms with E-state index in [0.29, 0.717) is 17.7 Å². The predicted molar refractivity (Wildman–Crippen MR) is 111 cm³/mol. The van der Waals surface area contributed by atoms with Crippen molar-refractivity contribution in [3.63, 3.8) is 0 Å². The Morgan fingerprint density at radius 1 is 1.14 bits per heavy atom. The lowest BCUT2D eigenvalue weighted by molar-refractivity contribution is 0.0953. The zero-order valence-electron chi connectivity index (χ0n) is 16.5. The van der Waals surface area contributed by atoms with Gasteiger partial charge >= 0.3 is 0 Å². The number of rotatable bonds is 8. The van der Waals surface area contributed by atoms with E-state index >= 15 is 0 Å². The molecule has 0 aliphatic carbocycles. The van der Waals surface area contributed by atoms with Gasteiger partial charge in [-0.15, -0.1) is 11.8 Å². The van der Waals surface area contributed by atoms with Crippen molar-refractivity contribution < 1.29 is 17.6 Å². The molecule has 2 rings (SSSR count). The molecule has 0 spiro atoms. The first-order chi connectivity index (χ1) is 13.1. The number of hydrogen-bond acceptors (Lipinski definition) is 4. The summed E-state index contributed by atoms with van der Waals surface area (Å²) in [6.45, 7) is 4.00. The van der Waals surface area contributed by atoms with Crippen molar-refractivity contribution in [2.24, 2.45) is 0 Å². The van der Waals surface area contributed by atoms with E-state index in [1.54, 1.807) is 43.8 Å². The van der Waals surface area contributed by atoms with E-state index in [0.717, 1.165) is 26.9 Å². The van der Waals surface area contributed by atoms with Gasteiger partial charge in [-0.1, -0.05) is 0 Å². The second-order valence-electron chi connectivity index (χ2n) is 6.62. The zero-order chi connectivity index (χ0) is 20.9. The number of aryl methyl sites for hydroxylation is 1. The maximum atomic E-state index is 12.9. The Morgan fingerprint density at radius 2 is 1.79 bits per heavy atom. The number of carbonyl (C=O) groups excluding carboxylic acids is 1. The lowest BCUT2D eigenvalue weighted by Crippen LogP contribution is -2.27. The van der Waals surface area contributed by atoms with Crippen molar-refractivity contribution in [2.45, 2.75) is 30.1 Å². The molecule has 8 heteroatoms. The first-order valence-corrected chi connectivity index (χ1v) is 11.3. The molecule has 0 saturated heterocycles. The van der Waals surface area contributed by atoms with E-state index in [9.17, 15) is 17.6 Å². The van der Waals surface area contributed by atoms with Crippen molar-refractivity contribution in [1.29, 1.82) is 0 Å². The van der Waals surface area contributed by atoms with Crippen LogP contribution in [0.2, 0.25) is 0 Å². The zero-order valence-corrected chi connectivity index (χ0v) is 18.1. The molecule has 0 aliphatic rings. The molecule has 2 aromatic rings. The molecule has 0 radical (unpaired) electrons. The van der Waals surface area contributed by atoms with E-state index in [1.165, 1.54) is 32.3 Å². The van der Waals surface area contributed by atoms with Gasteiger partial charge in [0, 0.05) is 31.1 Å². The van der Waals surface area contributed by atoms with Crippen molar-refractivity contribution in [1.82, 2.24) is 9.62 Å². The molecule has 0 aliphatic heterocycles. The van der Waals surface area contributed by atoms with Crippen LogP contribution in [0.4, 0.5) is 4.39 Å². The number of carbonyl (C=O) groups is 1. The number of thioether (sulfide) groups is 1. The fraction of sp³-hybridized carbons (Fsp3) is 0.350. The van der Waals surface area contributed by atoms with Crippen molar-refractivity contribution >= 4 is 27.7 Å². The summed E-state index contributed by atoms with van der Waals surface area (Å²) in [5.74, 6) is 0.213. The Bertz CT molecular complexity index is 943. The van der Waals surface area contributed by atoms with Crippen LogP contribution in [-0.2, 0) is 10.0 Å². The topological polar surface area (TPSA) is 66.5 Å². The first kappa shape index (κ1) is 22.4. The van der Waals surface area contributed by atoms with Gasteiger partial charge in [-0.05, 0) is 73.5 Å². The highest BCUT2D eigenvalue weighted by atomic mass is 32.2. The average molecular weight is 425 g/mol. The highest BCUT2D eigenvalue weighted by molar-refractivity contribution is 7.99. The van der Waals surface area contributed by atoms with Crippen LogP contribution in [0.25, 0.3) is 0 Å². The fourth-order valence-electron chi connectivity index (χ4n) is 2.52. The molecular formula is C20H25FN2O3S2. The molecular weight excluding hydrogens is 399 g/mol. The second-order valence-corrected chi connectivity index (χ2v) is 9.90. The van der Waals surface area contributed by atoms with Crippen molar-refractivity contribution in [3.05, 3.63) is 58.9 Å². The number of benzene rings is 2. The molecule has 0 fully saturated rings. The van der Waals surface area contributed by atoms with Gasteiger partial charge in [-0.25, -0.2) is 17.1 Å². The Morgan fingerprint density at radius 3 is 2.39 bits per heavy atom. The molecule has 0 unspecified atom stereocenters. The normalized spacial score (nSPS) is 11.6. The van der Waals surface area contributed by atoms with Gasteiger partial charge in [-0.2, -0.15) is 0 Å². The molecule has 0 aromatic heterocycles. The van der Waals surface area contributed by atoms with Crippen LogP contribution in [0.15, 0.2) is 46.2 Å². The molecule has 1 N–H and O–H groups in total. The smallest absolute Gasteiger partial charge is 0.251 e. The summed E-state index contributed by atoms with van der Waals surface area (Å²) in [6, 6.07) is 9.42. The summed E-state index contributed by atoms with van der Waals surface area (Å²) in [4.78, 5) is 13.6. The number of hydrogen-bond donors (Lipinski definition) is 1. The summed E-state index contributed by atoms with van der Waals surface area (Å²) >= 11 is 1.59. The molecule has 28 heavy (non-hydrogen) atoms. The van der Waals surface area contributed by atoms with Gasteiger partial charge in [0.05, 0.1) is 4.90 Å². The minimum atomic E-state index is -3.63. The van der Waals surface area contributed by atoms with E-state index < -0.39 is 10.0 Å². The molecule has 0 saturated carbocycles. The fourth-order valence-corrected chi connectivity index (χ4v) is 4.59. The molecule has 0 atom stereocenters. The van der Waals surface area contributed by atoms with E-state index in [-0.39, 0.29) is 16.6 Å². The number of sulfonamides is 1. The van der Waals surface area contributed by atoms with Gasteiger partial charge < -0.3 is 5.32 Å². The Labute approximate surface area is 170 Å². The highest BCUT2D eigenvalue weighted by Gasteiger charge is 2.22. The lowest BCUT2D eigenvalue weighted by Gasteiger charge is -2.16. The third kappa shape index (κ3) is 5.56. The monoisotopic (exact) mass is 424 g/mol. The van der Waals surface area contributed by atoms with Crippen LogP contribution in [0.3, 0.4) is 0 Å². The largest absolute Gasteiger partial charge is 0.352 e. The lowest BCUT2D eigenvalue weighted by atomic mass is 10.1. The minimum absolute atomic E-state index is 0.148. The number of amides is 1. The standard InChI is InChI=1S/C20H25FN2O3S2/c1-14-12-16(13-19(15(14)2)28(25,26)23(3)4)20(24)22-10-5-11-27-18-8-6-17(21)7-9-18/h6-9,12-13H,5,10-11H2,1-4H3,(H,22,24). The van der Waals surface area contributed by atoms with Gasteiger partial charge in [0.1, 0.15) is 5.82 Å². The third-order valence-corrected chi connectivity index (χ3v) is 7.37. The second kappa shape index (κ2) is 9.54. The number of halogens is 1. The average Bonchev–Trinajstić information content (AvgIpc) is 2.64. The maximum absolute atomic E-state index is 12.9. The van der Waals surface area contributed by atoms with Gasteiger partial charge in [-0.3, -0.25) is 4.79 Å². The molecule has 2 aromatic carbocycles. The van der Waals surface area contributed by atoms with Gasteiger partial charge in [0.2, 0.25) is 10.0 Å². The van der Waals surface area contributed by atoms with E-state index in [2.05, 4.69) is 5.32 Å². The van der Waals surface area contributed by atoms with Crippen LogP contribution in [0.1, 0.15) is 27.9 Å². The Kier molecular flexibility index (Phi) is 7.63. The first-order valence-electron chi connectivity index (χ1n) is 8.83. The van der Waals surface area contributed by atoms with Crippen molar-refractivity contribution in [2.75, 3.05) is 26.4 Å². The minimum Gasteiger partial charge on any atom is -0.352 e. The van der Waals surface area contributed by atoms with Crippen LogP contribution >= 0.6 is 11.8 Å². The van der Waals surface area contributed by atoms with Crippen LogP contribution in [0.5, 0.6) is 0 Å². The van der Waals surface area contributed by atoms with Crippen molar-refractivity contribution in [3.8, 4) is 0 Å². The molecule has 0 heterocycles. The predicted octanol–water partition coefficient (Wildman–Crippen LogP) is 3.61. The molecule has 152 valence electrons. The Balaban J connectivity index is 1.97. The number of nitrogens with zero attached hydrogens (tertiary/aromatic N) is 1. The highest BCUT2D eigenvalue weighted by Crippen LogP contribution is 2.23. The Hall–Kier alpha value is -1.90. The molecule has 1 amide bonds. The summed E-state index contributed by atoms with van der Waals surface area (Å²) in [5.41, 5.74) is 1.72. The third-order valence-electron chi connectivity index (χ3n) is 4.33. The van der Waals surface area contributed by atoms with E-state index in [1.807, 2.05) is 0 Å². The summed E-state index contributed by atoms with van der Waals surface area (Å²) in [5, 5.41) is 2.83. The quantitative estimate of drug-likeness (QED) is 0.519. The van der Waals surface area contributed by atoms with Crippen LogP contribution < -0.4 is 5.32 Å². The number of nitrogens with one attached hydrogen (secondary N) is 1. The van der Waals surface area contributed by atoms with Crippen LogP contribution in [-0.4, -0.2) is 45.0 Å². The maximum Gasteiger partial charge on any atom is 0.251 e. The molecule has 0 bridgehead atoms. The summed E-state index contributed by atoms with van der Waals surface area (Å²) < 4.78 is 39.0. The molecule has 5 nitrogen and oxygen atoms in total. The SMILES string of the molecule is Cc1cc(C(=O)NCCCSc2ccc(F)cc2)cc(S(=O)(=O)N(C)C)c1C. The summed E-state index contributed by atoms with van der Waals surface area (Å²) in [6.07, 6.45) is 0.738. The summed E-state index contributed by atoms with van der Waals surface area (Å²) in [7, 11) is -0.690.